The molecule has 2 N–H and O–H groups in total. The molecule has 18 heavy (non-hydrogen) atoms. The van der Waals surface area contributed by atoms with E-state index in [4.69, 9.17) is 5.73 Å². The van der Waals surface area contributed by atoms with Gasteiger partial charge < -0.3 is 10.6 Å². The van der Waals surface area contributed by atoms with Crippen molar-refractivity contribution in [3.8, 4) is 0 Å². The van der Waals surface area contributed by atoms with Crippen LogP contribution in [0, 0.1) is 10.1 Å². The third-order valence-electron chi connectivity index (χ3n) is 3.50. The highest BCUT2D eigenvalue weighted by atomic mass is 16.6. The molecule has 1 saturated heterocycles. The van der Waals surface area contributed by atoms with E-state index in [2.05, 4.69) is 4.90 Å². The standard InChI is InChI=1S/C13H19N3O2/c14-8-7-11-4-1-2-9-15(11)12-5-3-6-13(10-12)16(17)18/h3,5-6,10-11H,1-2,4,7-9,14H2. The minimum Gasteiger partial charge on any atom is -0.368 e. The molecule has 1 heterocycles. The molecular weight excluding hydrogens is 230 g/mol. The molecule has 0 radical (unpaired) electrons. The second kappa shape index (κ2) is 5.82. The van der Waals surface area contributed by atoms with Crippen LogP contribution in [-0.4, -0.2) is 24.1 Å². The van der Waals surface area contributed by atoms with Crippen LogP contribution in [-0.2, 0) is 0 Å². The highest BCUT2D eigenvalue weighted by molar-refractivity contribution is 5.54. The molecule has 1 fully saturated rings. The summed E-state index contributed by atoms with van der Waals surface area (Å²) in [6.45, 7) is 1.63. The molecule has 2 rings (SSSR count). The Labute approximate surface area is 107 Å². The zero-order chi connectivity index (χ0) is 13.0. The van der Waals surface area contributed by atoms with Crippen molar-refractivity contribution in [1.82, 2.24) is 0 Å². The molecule has 98 valence electrons. The number of nitrogens with two attached hydrogens (primary N) is 1. The van der Waals surface area contributed by atoms with E-state index in [0.29, 0.717) is 12.6 Å². The van der Waals surface area contributed by atoms with Gasteiger partial charge in [-0.2, -0.15) is 0 Å². The van der Waals surface area contributed by atoms with Crippen LogP contribution >= 0.6 is 0 Å². The van der Waals surface area contributed by atoms with Crippen molar-refractivity contribution in [3.63, 3.8) is 0 Å². The predicted octanol–water partition coefficient (Wildman–Crippen LogP) is 2.30. The third kappa shape index (κ3) is 2.79. The van der Waals surface area contributed by atoms with Gasteiger partial charge in [0, 0.05) is 30.4 Å². The zero-order valence-electron chi connectivity index (χ0n) is 10.4. The number of anilines is 1. The van der Waals surface area contributed by atoms with E-state index in [-0.39, 0.29) is 10.6 Å². The molecule has 1 aromatic rings. The van der Waals surface area contributed by atoms with Crippen LogP contribution in [0.1, 0.15) is 25.7 Å². The second-order valence-corrected chi connectivity index (χ2v) is 4.70. The average molecular weight is 249 g/mol. The van der Waals surface area contributed by atoms with Gasteiger partial charge in [0.1, 0.15) is 0 Å². The summed E-state index contributed by atoms with van der Waals surface area (Å²) in [6.07, 6.45) is 4.43. The molecule has 0 saturated carbocycles. The molecule has 0 aromatic heterocycles. The molecule has 0 bridgehead atoms. The summed E-state index contributed by atoms with van der Waals surface area (Å²) in [5.41, 5.74) is 6.75. The van der Waals surface area contributed by atoms with E-state index >= 15 is 0 Å². The monoisotopic (exact) mass is 249 g/mol. The van der Waals surface area contributed by atoms with Crippen LogP contribution in [0.15, 0.2) is 24.3 Å². The molecule has 1 aliphatic heterocycles. The molecule has 0 amide bonds. The lowest BCUT2D eigenvalue weighted by atomic mass is 9.98. The Morgan fingerprint density at radius 3 is 3.00 bits per heavy atom. The van der Waals surface area contributed by atoms with Crippen molar-refractivity contribution in [2.45, 2.75) is 31.7 Å². The smallest absolute Gasteiger partial charge is 0.271 e. The Bertz CT molecular complexity index is 420. The fraction of sp³-hybridized carbons (Fsp3) is 0.538. The lowest BCUT2D eigenvalue weighted by Gasteiger charge is -2.37. The molecule has 0 spiro atoms. The second-order valence-electron chi connectivity index (χ2n) is 4.70. The number of piperidine rings is 1. The maximum absolute atomic E-state index is 10.8. The van der Waals surface area contributed by atoms with Gasteiger partial charge in [-0.15, -0.1) is 0 Å². The molecule has 1 aliphatic rings. The fourth-order valence-corrected chi connectivity index (χ4v) is 2.62. The highest BCUT2D eigenvalue weighted by Gasteiger charge is 2.22. The number of hydrogen-bond acceptors (Lipinski definition) is 4. The quantitative estimate of drug-likeness (QED) is 0.656. The molecular formula is C13H19N3O2. The van der Waals surface area contributed by atoms with E-state index in [1.165, 1.54) is 12.5 Å². The fourth-order valence-electron chi connectivity index (χ4n) is 2.62. The Morgan fingerprint density at radius 1 is 1.44 bits per heavy atom. The van der Waals surface area contributed by atoms with Gasteiger partial charge in [-0.1, -0.05) is 6.07 Å². The van der Waals surface area contributed by atoms with E-state index < -0.39 is 0 Å². The Kier molecular flexibility index (Phi) is 4.15. The largest absolute Gasteiger partial charge is 0.368 e. The van der Waals surface area contributed by atoms with Gasteiger partial charge in [-0.05, 0) is 38.3 Å². The molecule has 1 atom stereocenters. The zero-order valence-corrected chi connectivity index (χ0v) is 10.4. The summed E-state index contributed by atoms with van der Waals surface area (Å²) in [4.78, 5) is 12.7. The van der Waals surface area contributed by atoms with E-state index in [1.807, 2.05) is 6.07 Å². The Morgan fingerprint density at radius 2 is 2.28 bits per heavy atom. The molecule has 5 nitrogen and oxygen atoms in total. The van der Waals surface area contributed by atoms with Gasteiger partial charge in [-0.3, -0.25) is 10.1 Å². The van der Waals surface area contributed by atoms with Crippen molar-refractivity contribution in [2.75, 3.05) is 18.0 Å². The molecule has 0 aliphatic carbocycles. The SMILES string of the molecule is NCCC1CCCCN1c1cccc([N+](=O)[O-])c1. The maximum atomic E-state index is 10.8. The average Bonchev–Trinajstić information content (AvgIpc) is 2.40. The summed E-state index contributed by atoms with van der Waals surface area (Å²) >= 11 is 0. The van der Waals surface area contributed by atoms with Crippen LogP contribution in [0.2, 0.25) is 0 Å². The van der Waals surface area contributed by atoms with Crippen LogP contribution in [0.3, 0.4) is 0 Å². The first kappa shape index (κ1) is 12.8. The third-order valence-corrected chi connectivity index (χ3v) is 3.50. The summed E-state index contributed by atoms with van der Waals surface area (Å²) in [6, 6.07) is 7.31. The van der Waals surface area contributed by atoms with Crippen LogP contribution < -0.4 is 10.6 Å². The lowest BCUT2D eigenvalue weighted by Crippen LogP contribution is -2.40. The van der Waals surface area contributed by atoms with E-state index in [1.54, 1.807) is 12.1 Å². The molecule has 1 aromatic carbocycles. The van der Waals surface area contributed by atoms with Gasteiger partial charge in [-0.25, -0.2) is 0 Å². The van der Waals surface area contributed by atoms with Crippen molar-refractivity contribution < 1.29 is 4.92 Å². The van der Waals surface area contributed by atoms with Crippen LogP contribution in [0.5, 0.6) is 0 Å². The number of non-ortho nitro benzene ring substituents is 1. The summed E-state index contributed by atoms with van der Waals surface area (Å²) in [7, 11) is 0. The van der Waals surface area contributed by atoms with E-state index in [9.17, 15) is 10.1 Å². The van der Waals surface area contributed by atoms with Gasteiger partial charge in [0.2, 0.25) is 0 Å². The normalized spacial score (nSPS) is 19.8. The van der Waals surface area contributed by atoms with Crippen molar-refractivity contribution >= 4 is 11.4 Å². The Hall–Kier alpha value is -1.62. The minimum absolute atomic E-state index is 0.157. The van der Waals surface area contributed by atoms with Crippen LogP contribution in [0.25, 0.3) is 0 Å². The summed E-state index contributed by atoms with van der Waals surface area (Å²) in [5, 5.41) is 10.8. The first-order chi connectivity index (χ1) is 8.72. The number of nitrogens with zero attached hydrogens (tertiary/aromatic N) is 2. The van der Waals surface area contributed by atoms with E-state index in [0.717, 1.165) is 31.5 Å². The van der Waals surface area contributed by atoms with Gasteiger partial charge in [0.05, 0.1) is 4.92 Å². The molecule has 5 heteroatoms. The number of hydrogen-bond donors (Lipinski definition) is 1. The van der Waals surface area contributed by atoms with Gasteiger partial charge >= 0.3 is 0 Å². The topological polar surface area (TPSA) is 72.4 Å². The first-order valence-electron chi connectivity index (χ1n) is 6.43. The Balaban J connectivity index is 2.22. The number of benzene rings is 1. The lowest BCUT2D eigenvalue weighted by molar-refractivity contribution is -0.384. The van der Waals surface area contributed by atoms with Crippen molar-refractivity contribution in [3.05, 3.63) is 34.4 Å². The summed E-state index contributed by atoms with van der Waals surface area (Å²) in [5.74, 6) is 0. The predicted molar refractivity (Wildman–Crippen MR) is 71.8 cm³/mol. The highest BCUT2D eigenvalue weighted by Crippen LogP contribution is 2.28. The molecule has 1 unspecified atom stereocenters. The number of nitro benzene ring substituents is 1. The summed E-state index contributed by atoms with van der Waals surface area (Å²) < 4.78 is 0. The minimum atomic E-state index is -0.342. The van der Waals surface area contributed by atoms with Gasteiger partial charge in [0.15, 0.2) is 0 Å². The number of rotatable bonds is 4. The maximum Gasteiger partial charge on any atom is 0.271 e. The van der Waals surface area contributed by atoms with Crippen molar-refractivity contribution in [1.29, 1.82) is 0 Å². The van der Waals surface area contributed by atoms with Crippen molar-refractivity contribution in [2.24, 2.45) is 5.73 Å². The van der Waals surface area contributed by atoms with Crippen LogP contribution in [0.4, 0.5) is 11.4 Å². The number of nitro groups is 1. The first-order valence-corrected chi connectivity index (χ1v) is 6.43. The van der Waals surface area contributed by atoms with Gasteiger partial charge in [0.25, 0.3) is 5.69 Å².